The first kappa shape index (κ1) is 27.3. The van der Waals surface area contributed by atoms with Gasteiger partial charge in [0.1, 0.15) is 18.2 Å². The van der Waals surface area contributed by atoms with E-state index in [1.54, 1.807) is 4.90 Å². The minimum atomic E-state index is -4.00. The normalized spacial score (nSPS) is 23.4. The van der Waals surface area contributed by atoms with Crippen LogP contribution in [-0.4, -0.2) is 80.5 Å². The van der Waals surface area contributed by atoms with E-state index in [4.69, 9.17) is 16.3 Å². The van der Waals surface area contributed by atoms with E-state index in [2.05, 4.69) is 4.90 Å². The zero-order valence-corrected chi connectivity index (χ0v) is 22.6. The minimum Gasteiger partial charge on any atom is -0.448 e. The second-order valence-corrected chi connectivity index (χ2v) is 12.8. The van der Waals surface area contributed by atoms with E-state index in [9.17, 15) is 22.0 Å². The summed E-state index contributed by atoms with van der Waals surface area (Å²) in [6.45, 7) is 3.76. The van der Waals surface area contributed by atoms with Gasteiger partial charge >= 0.3 is 6.09 Å². The smallest absolute Gasteiger partial charge is 0.409 e. The number of sulfonamides is 1. The molecular formula is C27H32ClF2N3O4S. The van der Waals surface area contributed by atoms with Crippen LogP contribution in [0.25, 0.3) is 0 Å². The zero-order chi connectivity index (χ0) is 26.9. The molecule has 0 bridgehead atoms. The first-order chi connectivity index (χ1) is 18.2. The van der Waals surface area contributed by atoms with E-state index in [-0.39, 0.29) is 18.0 Å². The molecule has 2 heterocycles. The standard InChI is InChI=1S/C27H32ClF2N3O4S/c28-22-4-7-26(8-5-22)38(35,36)33-17-20(21-13-23(29)15-24(30)14-21)3-6-25(33)18-37-27(34)32-11-9-31(10-12-32)16-19-1-2-19/h4-5,7-8,13-15,19-20,25H,1-3,6,9-12,16-18H2/t20-,25-/m1/s1. The number of rotatable bonds is 7. The molecule has 5 rings (SSSR count). The number of hydrogen-bond acceptors (Lipinski definition) is 5. The molecule has 2 aromatic rings. The van der Waals surface area contributed by atoms with E-state index in [0.29, 0.717) is 36.5 Å². The van der Waals surface area contributed by atoms with Crippen LogP contribution in [0.1, 0.15) is 37.2 Å². The summed E-state index contributed by atoms with van der Waals surface area (Å²) in [6, 6.07) is 8.51. The molecule has 11 heteroatoms. The lowest BCUT2D eigenvalue weighted by Gasteiger charge is -2.39. The first-order valence-electron chi connectivity index (χ1n) is 13.1. The monoisotopic (exact) mass is 567 g/mol. The van der Waals surface area contributed by atoms with E-state index < -0.39 is 39.7 Å². The molecule has 0 N–H and O–H groups in total. The van der Waals surface area contributed by atoms with Gasteiger partial charge in [0.15, 0.2) is 0 Å². The first-order valence-corrected chi connectivity index (χ1v) is 14.9. The highest BCUT2D eigenvalue weighted by Gasteiger charge is 2.39. The maximum atomic E-state index is 13.9. The predicted molar refractivity (Wildman–Crippen MR) is 140 cm³/mol. The van der Waals surface area contributed by atoms with Crippen LogP contribution in [0.4, 0.5) is 13.6 Å². The lowest BCUT2D eigenvalue weighted by molar-refractivity contribution is 0.0549. The van der Waals surface area contributed by atoms with E-state index in [0.717, 1.165) is 31.6 Å². The van der Waals surface area contributed by atoms with Gasteiger partial charge in [-0.05, 0) is 79.5 Å². The van der Waals surface area contributed by atoms with Crippen molar-refractivity contribution in [1.82, 2.24) is 14.1 Å². The summed E-state index contributed by atoms with van der Waals surface area (Å²) < 4.78 is 62.1. The lowest BCUT2D eigenvalue weighted by Crippen LogP contribution is -2.51. The molecule has 0 spiro atoms. The summed E-state index contributed by atoms with van der Waals surface area (Å²) >= 11 is 5.96. The van der Waals surface area contributed by atoms with Crippen molar-refractivity contribution in [2.45, 2.75) is 42.5 Å². The van der Waals surface area contributed by atoms with Gasteiger partial charge in [0.25, 0.3) is 0 Å². The Balaban J connectivity index is 1.28. The minimum absolute atomic E-state index is 0.00983. The summed E-state index contributed by atoms with van der Waals surface area (Å²) in [5.74, 6) is -1.03. The number of amides is 1. The molecule has 2 aliphatic heterocycles. The Morgan fingerprint density at radius 3 is 2.24 bits per heavy atom. The second-order valence-electron chi connectivity index (χ2n) is 10.5. The van der Waals surface area contributed by atoms with Crippen LogP contribution in [-0.2, 0) is 14.8 Å². The Hall–Kier alpha value is -2.27. The number of carbonyl (C=O) groups is 1. The van der Waals surface area contributed by atoms with Crippen LogP contribution in [0.3, 0.4) is 0 Å². The van der Waals surface area contributed by atoms with Gasteiger partial charge in [-0.2, -0.15) is 4.31 Å². The Labute approximate surface area is 227 Å². The average molecular weight is 568 g/mol. The zero-order valence-electron chi connectivity index (χ0n) is 21.1. The molecule has 3 fully saturated rings. The van der Waals surface area contributed by atoms with Crippen molar-refractivity contribution < 1.29 is 26.7 Å². The molecular weight excluding hydrogens is 536 g/mol. The summed E-state index contributed by atoms with van der Waals surface area (Å²) in [5.41, 5.74) is 0.401. The van der Waals surface area contributed by atoms with Gasteiger partial charge in [-0.15, -0.1) is 0 Å². The molecule has 2 aromatic carbocycles. The van der Waals surface area contributed by atoms with Crippen molar-refractivity contribution in [3.63, 3.8) is 0 Å². The topological polar surface area (TPSA) is 70.2 Å². The quantitative estimate of drug-likeness (QED) is 0.484. The molecule has 0 aromatic heterocycles. The molecule has 0 radical (unpaired) electrons. The van der Waals surface area contributed by atoms with Crippen LogP contribution in [0.2, 0.25) is 5.02 Å². The summed E-state index contributed by atoms with van der Waals surface area (Å²) in [7, 11) is -4.00. The number of halogens is 3. The summed E-state index contributed by atoms with van der Waals surface area (Å²) in [5, 5.41) is 0.401. The van der Waals surface area contributed by atoms with Crippen LogP contribution in [0.15, 0.2) is 47.4 Å². The highest BCUT2D eigenvalue weighted by Crippen LogP contribution is 2.35. The van der Waals surface area contributed by atoms with Crippen molar-refractivity contribution >= 4 is 27.7 Å². The van der Waals surface area contributed by atoms with Gasteiger partial charge < -0.3 is 9.64 Å². The van der Waals surface area contributed by atoms with Crippen LogP contribution in [0.5, 0.6) is 0 Å². The molecule has 2 atom stereocenters. The summed E-state index contributed by atoms with van der Waals surface area (Å²) in [6.07, 6.45) is 2.99. The van der Waals surface area contributed by atoms with E-state index in [1.165, 1.54) is 53.5 Å². The number of ether oxygens (including phenoxy) is 1. The van der Waals surface area contributed by atoms with Gasteiger partial charge in [0.2, 0.25) is 10.0 Å². The summed E-state index contributed by atoms with van der Waals surface area (Å²) in [4.78, 5) is 16.9. The molecule has 1 amide bonds. The third kappa shape index (κ3) is 6.47. The highest BCUT2D eigenvalue weighted by atomic mass is 35.5. The Morgan fingerprint density at radius 2 is 1.61 bits per heavy atom. The molecule has 38 heavy (non-hydrogen) atoms. The molecule has 0 unspecified atom stereocenters. The molecule has 3 aliphatic rings. The van der Waals surface area contributed by atoms with Crippen LogP contribution >= 0.6 is 11.6 Å². The van der Waals surface area contributed by atoms with E-state index in [1.807, 2.05) is 0 Å². The Kier molecular flexibility index (Phi) is 8.23. The van der Waals surface area contributed by atoms with Crippen molar-refractivity contribution in [1.29, 1.82) is 0 Å². The number of piperidine rings is 1. The van der Waals surface area contributed by atoms with Crippen LogP contribution in [0, 0.1) is 17.6 Å². The Bertz CT molecular complexity index is 1230. The molecule has 206 valence electrons. The SMILES string of the molecule is O=C(OC[C@H]1CC[C@@H](c2cc(F)cc(F)c2)CN1S(=O)(=O)c1ccc(Cl)cc1)N1CCN(CC2CC2)CC1. The van der Waals surface area contributed by atoms with E-state index >= 15 is 0 Å². The number of benzene rings is 2. The van der Waals surface area contributed by atoms with Gasteiger partial charge in [0, 0.05) is 50.4 Å². The second kappa shape index (κ2) is 11.5. The number of hydrogen-bond donors (Lipinski definition) is 0. The largest absolute Gasteiger partial charge is 0.448 e. The third-order valence-electron chi connectivity index (χ3n) is 7.68. The number of carbonyl (C=O) groups excluding carboxylic acids is 1. The van der Waals surface area contributed by atoms with Gasteiger partial charge in [-0.25, -0.2) is 22.0 Å². The molecule has 1 saturated carbocycles. The van der Waals surface area contributed by atoms with Crippen molar-refractivity contribution in [3.8, 4) is 0 Å². The molecule has 1 aliphatic carbocycles. The fourth-order valence-electron chi connectivity index (χ4n) is 5.32. The predicted octanol–water partition coefficient (Wildman–Crippen LogP) is 4.72. The molecule has 7 nitrogen and oxygen atoms in total. The van der Waals surface area contributed by atoms with Gasteiger partial charge in [-0.1, -0.05) is 11.6 Å². The fraction of sp³-hybridized carbons (Fsp3) is 0.519. The van der Waals surface area contributed by atoms with Crippen LogP contribution < -0.4 is 0 Å². The van der Waals surface area contributed by atoms with Gasteiger partial charge in [-0.3, -0.25) is 4.90 Å². The fourth-order valence-corrected chi connectivity index (χ4v) is 7.13. The lowest BCUT2D eigenvalue weighted by atomic mass is 9.88. The third-order valence-corrected chi connectivity index (χ3v) is 9.86. The number of nitrogens with zero attached hydrogens (tertiary/aromatic N) is 3. The van der Waals surface area contributed by atoms with Crippen molar-refractivity contribution in [3.05, 3.63) is 64.7 Å². The maximum absolute atomic E-state index is 13.9. The van der Waals surface area contributed by atoms with Crippen molar-refractivity contribution in [2.75, 3.05) is 45.9 Å². The van der Waals surface area contributed by atoms with Gasteiger partial charge in [0.05, 0.1) is 10.9 Å². The maximum Gasteiger partial charge on any atom is 0.409 e. The molecule has 2 saturated heterocycles. The Morgan fingerprint density at radius 1 is 0.947 bits per heavy atom. The average Bonchev–Trinajstić information content (AvgIpc) is 3.71. The highest BCUT2D eigenvalue weighted by molar-refractivity contribution is 7.89. The van der Waals surface area contributed by atoms with Crippen molar-refractivity contribution in [2.24, 2.45) is 5.92 Å². The number of piperazine rings is 1.